The van der Waals surface area contributed by atoms with Crippen LogP contribution < -0.4 is 5.73 Å². The van der Waals surface area contributed by atoms with Crippen LogP contribution in [0.3, 0.4) is 0 Å². The lowest BCUT2D eigenvalue weighted by atomic mass is 9.88. The number of methoxy groups -OCH3 is 1. The van der Waals surface area contributed by atoms with E-state index in [4.69, 9.17) is 10.5 Å². The Morgan fingerprint density at radius 3 is 2.86 bits per heavy atom. The van der Waals surface area contributed by atoms with Gasteiger partial charge in [0.1, 0.15) is 0 Å². The quantitative estimate of drug-likeness (QED) is 0.694. The van der Waals surface area contributed by atoms with E-state index in [0.717, 1.165) is 32.5 Å². The van der Waals surface area contributed by atoms with Gasteiger partial charge in [0.15, 0.2) is 0 Å². The molecule has 0 amide bonds. The average Bonchev–Trinajstić information content (AvgIpc) is 2.12. The van der Waals surface area contributed by atoms with E-state index < -0.39 is 0 Å². The van der Waals surface area contributed by atoms with Crippen LogP contribution in [0.2, 0.25) is 0 Å². The van der Waals surface area contributed by atoms with Gasteiger partial charge in [-0.2, -0.15) is 0 Å². The maximum absolute atomic E-state index is 5.98. The van der Waals surface area contributed by atoms with Crippen LogP contribution >= 0.6 is 0 Å². The zero-order valence-corrected chi connectivity index (χ0v) is 9.75. The van der Waals surface area contributed by atoms with Crippen molar-refractivity contribution >= 4 is 0 Å². The maximum atomic E-state index is 5.98. The zero-order valence-electron chi connectivity index (χ0n) is 9.75. The van der Waals surface area contributed by atoms with Crippen LogP contribution in [-0.2, 0) is 4.74 Å². The molecule has 1 saturated heterocycles. The number of nitrogens with zero attached hydrogens (tertiary/aromatic N) is 1. The van der Waals surface area contributed by atoms with E-state index in [1.165, 1.54) is 6.42 Å². The van der Waals surface area contributed by atoms with Crippen molar-refractivity contribution in [1.82, 2.24) is 4.90 Å². The summed E-state index contributed by atoms with van der Waals surface area (Å²) in [6.07, 6.45) is 3.47. The van der Waals surface area contributed by atoms with Crippen molar-refractivity contribution in [2.24, 2.45) is 5.73 Å². The van der Waals surface area contributed by atoms with Gasteiger partial charge in [-0.05, 0) is 33.1 Å². The number of likely N-dealkylation sites (tertiary alicyclic amines) is 1. The SMILES string of the molecule is COCCCN1CC(N)CCC1(C)C. The Balaban J connectivity index is 2.38. The minimum atomic E-state index is 0.323. The largest absolute Gasteiger partial charge is 0.385 e. The van der Waals surface area contributed by atoms with Crippen LogP contribution in [0, 0.1) is 0 Å². The van der Waals surface area contributed by atoms with Crippen LogP contribution in [0.5, 0.6) is 0 Å². The fraction of sp³-hybridized carbons (Fsp3) is 1.00. The molecule has 0 bridgehead atoms. The van der Waals surface area contributed by atoms with Gasteiger partial charge in [0.25, 0.3) is 0 Å². The second kappa shape index (κ2) is 5.10. The summed E-state index contributed by atoms with van der Waals surface area (Å²) in [7, 11) is 1.76. The summed E-state index contributed by atoms with van der Waals surface area (Å²) in [5.74, 6) is 0. The van der Waals surface area contributed by atoms with Crippen molar-refractivity contribution in [2.45, 2.75) is 44.7 Å². The third-order valence-electron chi connectivity index (χ3n) is 3.21. The summed E-state index contributed by atoms with van der Waals surface area (Å²) in [4.78, 5) is 2.50. The molecular formula is C11H24N2O. The normalized spacial score (nSPS) is 27.9. The Morgan fingerprint density at radius 2 is 2.21 bits per heavy atom. The van der Waals surface area contributed by atoms with Crippen molar-refractivity contribution in [3.63, 3.8) is 0 Å². The highest BCUT2D eigenvalue weighted by molar-refractivity contribution is 4.90. The molecule has 1 rings (SSSR count). The highest BCUT2D eigenvalue weighted by atomic mass is 16.5. The van der Waals surface area contributed by atoms with Crippen LogP contribution in [0.25, 0.3) is 0 Å². The summed E-state index contributed by atoms with van der Waals surface area (Å²) in [5, 5.41) is 0. The van der Waals surface area contributed by atoms with E-state index in [1.54, 1.807) is 7.11 Å². The lowest BCUT2D eigenvalue weighted by Crippen LogP contribution is -2.54. The molecule has 84 valence electrons. The summed E-state index contributed by atoms with van der Waals surface area (Å²) in [6.45, 7) is 7.62. The highest BCUT2D eigenvalue weighted by Crippen LogP contribution is 2.26. The number of rotatable bonds is 4. The Hall–Kier alpha value is -0.120. The summed E-state index contributed by atoms with van der Waals surface area (Å²) in [5.41, 5.74) is 6.30. The van der Waals surface area contributed by atoms with Crippen molar-refractivity contribution < 1.29 is 4.74 Å². The zero-order chi connectivity index (χ0) is 10.6. The van der Waals surface area contributed by atoms with Gasteiger partial charge >= 0.3 is 0 Å². The van der Waals surface area contributed by atoms with Gasteiger partial charge in [0.2, 0.25) is 0 Å². The van der Waals surface area contributed by atoms with Crippen LogP contribution in [0.4, 0.5) is 0 Å². The van der Waals surface area contributed by atoms with Crippen molar-refractivity contribution in [3.05, 3.63) is 0 Å². The van der Waals surface area contributed by atoms with Gasteiger partial charge < -0.3 is 10.5 Å². The van der Waals surface area contributed by atoms with E-state index in [-0.39, 0.29) is 0 Å². The third kappa shape index (κ3) is 3.23. The molecule has 0 saturated carbocycles. The van der Waals surface area contributed by atoms with Gasteiger partial charge in [0, 0.05) is 38.4 Å². The Bertz CT molecular complexity index is 171. The molecule has 14 heavy (non-hydrogen) atoms. The lowest BCUT2D eigenvalue weighted by molar-refractivity contribution is 0.0563. The number of hydrogen-bond donors (Lipinski definition) is 1. The van der Waals surface area contributed by atoms with E-state index >= 15 is 0 Å². The van der Waals surface area contributed by atoms with Gasteiger partial charge in [-0.1, -0.05) is 0 Å². The Labute approximate surface area is 87.6 Å². The second-order valence-electron chi connectivity index (χ2n) is 4.90. The Morgan fingerprint density at radius 1 is 1.50 bits per heavy atom. The molecule has 1 heterocycles. The molecule has 1 unspecified atom stereocenters. The van der Waals surface area contributed by atoms with E-state index in [2.05, 4.69) is 18.7 Å². The second-order valence-corrected chi connectivity index (χ2v) is 4.90. The van der Waals surface area contributed by atoms with Gasteiger partial charge in [0.05, 0.1) is 0 Å². The monoisotopic (exact) mass is 200 g/mol. The molecule has 0 aliphatic carbocycles. The lowest BCUT2D eigenvalue weighted by Gasteiger charge is -2.44. The van der Waals surface area contributed by atoms with E-state index in [1.807, 2.05) is 0 Å². The molecule has 3 heteroatoms. The van der Waals surface area contributed by atoms with Crippen molar-refractivity contribution in [1.29, 1.82) is 0 Å². The molecule has 1 aliphatic rings. The molecule has 0 aromatic heterocycles. The summed E-state index contributed by atoms with van der Waals surface area (Å²) >= 11 is 0. The van der Waals surface area contributed by atoms with Crippen molar-refractivity contribution in [3.8, 4) is 0 Å². The third-order valence-corrected chi connectivity index (χ3v) is 3.21. The van der Waals surface area contributed by atoms with E-state index in [0.29, 0.717) is 11.6 Å². The molecule has 0 radical (unpaired) electrons. The summed E-state index contributed by atoms with van der Waals surface area (Å²) < 4.78 is 5.07. The van der Waals surface area contributed by atoms with E-state index in [9.17, 15) is 0 Å². The fourth-order valence-electron chi connectivity index (χ4n) is 2.11. The number of hydrogen-bond acceptors (Lipinski definition) is 3. The first-order chi connectivity index (χ1) is 6.56. The van der Waals surface area contributed by atoms with Crippen LogP contribution in [-0.4, -0.2) is 43.3 Å². The molecule has 0 aromatic rings. The number of nitrogens with two attached hydrogens (primary N) is 1. The molecule has 2 N–H and O–H groups in total. The molecule has 0 spiro atoms. The van der Waals surface area contributed by atoms with Crippen LogP contribution in [0.1, 0.15) is 33.1 Å². The average molecular weight is 200 g/mol. The molecule has 3 nitrogen and oxygen atoms in total. The Kier molecular flexibility index (Phi) is 4.35. The number of piperidine rings is 1. The predicted molar refractivity (Wildman–Crippen MR) is 59.4 cm³/mol. The molecular weight excluding hydrogens is 176 g/mol. The topological polar surface area (TPSA) is 38.5 Å². The first-order valence-electron chi connectivity index (χ1n) is 5.56. The minimum absolute atomic E-state index is 0.323. The highest BCUT2D eigenvalue weighted by Gasteiger charge is 2.32. The van der Waals surface area contributed by atoms with Gasteiger partial charge in [-0.25, -0.2) is 0 Å². The minimum Gasteiger partial charge on any atom is -0.385 e. The predicted octanol–water partition coefficient (Wildman–Crippen LogP) is 1.22. The fourth-order valence-corrected chi connectivity index (χ4v) is 2.11. The van der Waals surface area contributed by atoms with Gasteiger partial charge in [-0.3, -0.25) is 4.90 Å². The van der Waals surface area contributed by atoms with Gasteiger partial charge in [-0.15, -0.1) is 0 Å². The smallest absolute Gasteiger partial charge is 0.0474 e. The maximum Gasteiger partial charge on any atom is 0.0474 e. The van der Waals surface area contributed by atoms with Crippen molar-refractivity contribution in [2.75, 3.05) is 26.8 Å². The first kappa shape index (κ1) is 12.0. The molecule has 0 aromatic carbocycles. The summed E-state index contributed by atoms with van der Waals surface area (Å²) in [6, 6.07) is 0.366. The standard InChI is InChI=1S/C11H24N2O/c1-11(2)6-5-10(12)9-13(11)7-4-8-14-3/h10H,4-9,12H2,1-3H3. The first-order valence-corrected chi connectivity index (χ1v) is 5.56. The molecule has 1 aliphatic heterocycles. The van der Waals surface area contributed by atoms with Crippen LogP contribution in [0.15, 0.2) is 0 Å². The molecule has 1 fully saturated rings. The molecule has 1 atom stereocenters. The number of ether oxygens (including phenoxy) is 1.